The van der Waals surface area contributed by atoms with Crippen molar-refractivity contribution in [2.45, 2.75) is 6.92 Å². The summed E-state index contributed by atoms with van der Waals surface area (Å²) >= 11 is 0. The molecule has 0 spiro atoms. The fraction of sp³-hybridized carbons (Fsp3) is 1.00. The zero-order valence-electron chi connectivity index (χ0n) is 8.74. The Balaban J connectivity index is 2.06. The summed E-state index contributed by atoms with van der Waals surface area (Å²) in [6.45, 7) is 10.5. The summed E-state index contributed by atoms with van der Waals surface area (Å²) in [6, 6.07) is 0. The van der Waals surface area contributed by atoms with Crippen molar-refractivity contribution >= 4 is 0 Å². The monoisotopic (exact) mass is 184 g/mol. The van der Waals surface area contributed by atoms with Gasteiger partial charge in [0.15, 0.2) is 0 Å². The van der Waals surface area contributed by atoms with Gasteiger partial charge in [0.25, 0.3) is 0 Å². The van der Waals surface area contributed by atoms with Gasteiger partial charge in [-0.25, -0.2) is 20.0 Å². The fourth-order valence-corrected chi connectivity index (χ4v) is 2.21. The molecule has 4 heteroatoms. The molecular weight excluding hydrogens is 164 g/mol. The molecule has 2 aliphatic heterocycles. The lowest BCUT2D eigenvalue weighted by Crippen LogP contribution is -2.49. The van der Waals surface area contributed by atoms with Gasteiger partial charge < -0.3 is 0 Å². The maximum Gasteiger partial charge on any atom is 0.0275 e. The molecule has 0 N–H and O–H groups in total. The third kappa shape index (κ3) is 1.86. The van der Waals surface area contributed by atoms with Crippen molar-refractivity contribution in [1.82, 2.24) is 20.0 Å². The number of nitrogens with zero attached hydrogens (tertiary/aromatic N) is 4. The fourth-order valence-electron chi connectivity index (χ4n) is 2.21. The highest BCUT2D eigenvalue weighted by Crippen LogP contribution is 2.10. The highest BCUT2D eigenvalue weighted by Gasteiger charge is 2.26. The summed E-state index contributed by atoms with van der Waals surface area (Å²) in [6.07, 6.45) is 0. The van der Waals surface area contributed by atoms with Crippen molar-refractivity contribution in [1.29, 1.82) is 0 Å². The molecule has 0 aliphatic carbocycles. The van der Waals surface area contributed by atoms with E-state index in [4.69, 9.17) is 0 Å². The lowest BCUT2D eigenvalue weighted by molar-refractivity contribution is -0.0440. The van der Waals surface area contributed by atoms with E-state index in [0.29, 0.717) is 0 Å². The van der Waals surface area contributed by atoms with Crippen molar-refractivity contribution in [3.63, 3.8) is 0 Å². The molecule has 0 aromatic heterocycles. The van der Waals surface area contributed by atoms with Crippen LogP contribution in [0.25, 0.3) is 0 Å². The zero-order valence-corrected chi connectivity index (χ0v) is 8.74. The van der Waals surface area contributed by atoms with Crippen LogP contribution in [0, 0.1) is 0 Å². The Labute approximate surface area is 80.6 Å². The van der Waals surface area contributed by atoms with Gasteiger partial charge in [0.2, 0.25) is 0 Å². The molecular formula is C9H20N4. The highest BCUT2D eigenvalue weighted by atomic mass is 15.7. The van der Waals surface area contributed by atoms with E-state index in [9.17, 15) is 0 Å². The molecule has 4 nitrogen and oxygen atoms in total. The second-order valence-corrected chi connectivity index (χ2v) is 3.83. The van der Waals surface area contributed by atoms with Crippen LogP contribution >= 0.6 is 0 Å². The van der Waals surface area contributed by atoms with Gasteiger partial charge in [-0.05, 0) is 0 Å². The van der Waals surface area contributed by atoms with Crippen LogP contribution in [-0.4, -0.2) is 72.9 Å². The maximum absolute atomic E-state index is 2.50. The molecule has 2 unspecified atom stereocenters. The Morgan fingerprint density at radius 1 is 0.846 bits per heavy atom. The van der Waals surface area contributed by atoms with E-state index >= 15 is 0 Å². The van der Waals surface area contributed by atoms with E-state index in [-0.39, 0.29) is 0 Å². The first-order valence-corrected chi connectivity index (χ1v) is 5.27. The van der Waals surface area contributed by atoms with Gasteiger partial charge in [0, 0.05) is 52.9 Å². The van der Waals surface area contributed by atoms with Gasteiger partial charge in [-0.1, -0.05) is 6.92 Å². The van der Waals surface area contributed by atoms with Crippen LogP contribution in [0.2, 0.25) is 0 Å². The van der Waals surface area contributed by atoms with Crippen LogP contribution in [0.15, 0.2) is 0 Å². The van der Waals surface area contributed by atoms with Crippen molar-refractivity contribution in [3.05, 3.63) is 0 Å². The summed E-state index contributed by atoms with van der Waals surface area (Å²) in [5.41, 5.74) is 0. The lowest BCUT2D eigenvalue weighted by atomic mass is 10.5. The molecule has 0 aromatic carbocycles. The van der Waals surface area contributed by atoms with Crippen molar-refractivity contribution in [2.75, 3.05) is 52.9 Å². The molecule has 76 valence electrons. The molecule has 2 atom stereocenters. The van der Waals surface area contributed by atoms with E-state index in [2.05, 4.69) is 34.0 Å². The van der Waals surface area contributed by atoms with Gasteiger partial charge in [-0.3, -0.25) is 0 Å². The van der Waals surface area contributed by atoms with E-state index in [0.717, 1.165) is 13.1 Å². The van der Waals surface area contributed by atoms with Crippen LogP contribution in [0.3, 0.4) is 0 Å². The predicted molar refractivity (Wildman–Crippen MR) is 53.0 cm³/mol. The third-order valence-corrected chi connectivity index (χ3v) is 3.16. The standard InChI is InChI=1S/C9H20N4/c1-3-11-6-7-12-8-9-13(11)5-4-10(12)2/h3-9H2,1-2H3. The Bertz CT molecular complexity index is 169. The average Bonchev–Trinajstić information content (AvgIpc) is 2.43. The second kappa shape index (κ2) is 3.92. The highest BCUT2D eigenvalue weighted by molar-refractivity contribution is 4.72. The summed E-state index contributed by atoms with van der Waals surface area (Å²) in [4.78, 5) is 0. The predicted octanol–water partition coefficient (Wildman–Crippen LogP) is -0.299. The SMILES string of the molecule is CCN1CCN2CCN1CCN2C. The smallest absolute Gasteiger partial charge is 0.0275 e. The number of fused-ring (bicyclic) bond motifs is 3. The number of hydrazine groups is 2. The minimum Gasteiger partial charge on any atom is -0.243 e. The molecule has 0 amide bonds. The number of hydrogen-bond acceptors (Lipinski definition) is 4. The van der Waals surface area contributed by atoms with Crippen LogP contribution in [-0.2, 0) is 0 Å². The molecule has 13 heavy (non-hydrogen) atoms. The Kier molecular flexibility index (Phi) is 2.83. The van der Waals surface area contributed by atoms with Crippen molar-refractivity contribution in [3.8, 4) is 0 Å². The Hall–Kier alpha value is -0.160. The maximum atomic E-state index is 2.50. The minimum atomic E-state index is 1.15. The van der Waals surface area contributed by atoms with Crippen molar-refractivity contribution < 1.29 is 0 Å². The van der Waals surface area contributed by atoms with Gasteiger partial charge in [0.1, 0.15) is 0 Å². The first-order chi connectivity index (χ1) is 6.31. The number of hydrogen-bond donors (Lipinski definition) is 0. The van der Waals surface area contributed by atoms with Gasteiger partial charge in [-0.15, -0.1) is 0 Å². The minimum absolute atomic E-state index is 1.15. The Morgan fingerprint density at radius 3 is 2.23 bits per heavy atom. The molecule has 0 aromatic rings. The van der Waals surface area contributed by atoms with Gasteiger partial charge in [-0.2, -0.15) is 0 Å². The molecule has 2 saturated heterocycles. The van der Waals surface area contributed by atoms with Gasteiger partial charge in [0.05, 0.1) is 0 Å². The largest absolute Gasteiger partial charge is 0.243 e. The van der Waals surface area contributed by atoms with Crippen molar-refractivity contribution in [2.24, 2.45) is 0 Å². The number of rotatable bonds is 1. The third-order valence-electron chi connectivity index (χ3n) is 3.16. The summed E-state index contributed by atoms with van der Waals surface area (Å²) in [5.74, 6) is 0. The molecule has 2 heterocycles. The first kappa shape index (κ1) is 9.40. The quantitative estimate of drug-likeness (QED) is 0.555. The molecule has 0 radical (unpaired) electrons. The van der Waals surface area contributed by atoms with Gasteiger partial charge >= 0.3 is 0 Å². The van der Waals surface area contributed by atoms with E-state index in [1.807, 2.05) is 0 Å². The second-order valence-electron chi connectivity index (χ2n) is 3.83. The summed E-state index contributed by atoms with van der Waals surface area (Å²) in [5, 5.41) is 9.82. The van der Waals surface area contributed by atoms with E-state index in [1.54, 1.807) is 0 Å². The topological polar surface area (TPSA) is 13.0 Å². The van der Waals surface area contributed by atoms with Crippen LogP contribution in [0.5, 0.6) is 0 Å². The number of likely N-dealkylation sites (N-methyl/N-ethyl adjacent to an activating group) is 2. The van der Waals surface area contributed by atoms with Crippen LogP contribution < -0.4 is 0 Å². The molecule has 2 rings (SSSR count). The molecule has 2 bridgehead atoms. The molecule has 2 aliphatic rings. The Morgan fingerprint density at radius 2 is 1.46 bits per heavy atom. The van der Waals surface area contributed by atoms with Crippen LogP contribution in [0.1, 0.15) is 6.92 Å². The zero-order chi connectivity index (χ0) is 9.26. The molecule has 2 fully saturated rings. The summed E-state index contributed by atoms with van der Waals surface area (Å²) < 4.78 is 0. The van der Waals surface area contributed by atoms with E-state index in [1.165, 1.54) is 32.7 Å². The summed E-state index contributed by atoms with van der Waals surface area (Å²) in [7, 11) is 2.20. The van der Waals surface area contributed by atoms with E-state index < -0.39 is 0 Å². The average molecular weight is 184 g/mol. The first-order valence-electron chi connectivity index (χ1n) is 5.27. The lowest BCUT2D eigenvalue weighted by Gasteiger charge is -2.35. The molecule has 0 saturated carbocycles. The van der Waals surface area contributed by atoms with Crippen LogP contribution in [0.4, 0.5) is 0 Å². The normalized spacial score (nSPS) is 37.4.